The fraction of sp³-hybridized carbons (Fsp3) is 0.804. The molecule has 2 atom stereocenters. The molecule has 0 aliphatic heterocycles. The number of hydrogen-bond donors (Lipinski definition) is 3. The molecule has 0 fully saturated rings. The van der Waals surface area contributed by atoms with Crippen LogP contribution in [0.2, 0.25) is 0 Å². The van der Waals surface area contributed by atoms with Crippen LogP contribution >= 0.6 is 0 Å². The maximum absolute atomic E-state index is 12.4. The van der Waals surface area contributed by atoms with Crippen LogP contribution in [0, 0.1) is 0 Å². The summed E-state index contributed by atoms with van der Waals surface area (Å²) in [4.78, 5) is 24.4. The lowest BCUT2D eigenvalue weighted by atomic mass is 10.1. The minimum atomic E-state index is -0.861. The van der Waals surface area contributed by atoms with Gasteiger partial charge in [-0.3, -0.25) is 9.59 Å². The highest BCUT2D eigenvalue weighted by molar-refractivity contribution is 5.76. The van der Waals surface area contributed by atoms with Crippen molar-refractivity contribution in [2.24, 2.45) is 0 Å². The first-order valence-corrected chi connectivity index (χ1v) is 24.4. The van der Waals surface area contributed by atoms with E-state index in [1.165, 1.54) is 109 Å². The van der Waals surface area contributed by atoms with Gasteiger partial charge >= 0.3 is 5.97 Å². The van der Waals surface area contributed by atoms with E-state index in [0.717, 1.165) is 103 Å². The smallest absolute Gasteiger partial charge is 0.305 e. The molecule has 0 aromatic heterocycles. The fourth-order valence-corrected chi connectivity index (χ4v) is 7.01. The van der Waals surface area contributed by atoms with Crippen LogP contribution in [-0.4, -0.2) is 47.4 Å². The number of unbranched alkanes of at least 4 members (excludes halogenated alkanes) is 27. The number of ether oxygens (including phenoxy) is 1. The Morgan fingerprint density at radius 2 is 0.877 bits per heavy atom. The molecule has 0 aromatic carbocycles. The first kappa shape index (κ1) is 54.8. The van der Waals surface area contributed by atoms with Crippen LogP contribution in [0.3, 0.4) is 0 Å². The molecule has 332 valence electrons. The van der Waals surface area contributed by atoms with Gasteiger partial charge in [0.2, 0.25) is 5.91 Å². The summed E-state index contributed by atoms with van der Waals surface area (Å²) in [7, 11) is 0. The van der Waals surface area contributed by atoms with E-state index in [-0.39, 0.29) is 18.5 Å². The number of rotatable bonds is 44. The molecule has 0 heterocycles. The number of hydrogen-bond acceptors (Lipinski definition) is 5. The number of amides is 1. The molecule has 0 spiro atoms. The zero-order valence-electron chi connectivity index (χ0n) is 37.6. The molecule has 6 heteroatoms. The summed E-state index contributed by atoms with van der Waals surface area (Å²) in [6, 6.07) is -0.647. The van der Waals surface area contributed by atoms with Gasteiger partial charge in [0.25, 0.3) is 0 Å². The number of esters is 1. The number of allylic oxidation sites excluding steroid dienone is 7. The number of carbonyl (C=O) groups is 2. The minimum absolute atomic E-state index is 0.0391. The van der Waals surface area contributed by atoms with E-state index in [1.807, 2.05) is 6.08 Å². The molecular formula is C51H93NO5. The van der Waals surface area contributed by atoms with Crippen LogP contribution < -0.4 is 5.32 Å². The summed E-state index contributed by atoms with van der Waals surface area (Å²) < 4.78 is 5.43. The summed E-state index contributed by atoms with van der Waals surface area (Å²) in [6.45, 7) is 4.79. The minimum Gasteiger partial charge on any atom is -0.466 e. The third kappa shape index (κ3) is 43.2. The van der Waals surface area contributed by atoms with Gasteiger partial charge in [-0.25, -0.2) is 0 Å². The van der Waals surface area contributed by atoms with Gasteiger partial charge in [-0.2, -0.15) is 0 Å². The average molecular weight is 800 g/mol. The summed E-state index contributed by atoms with van der Waals surface area (Å²) in [5, 5.41) is 22.9. The molecule has 6 nitrogen and oxygen atoms in total. The first-order chi connectivity index (χ1) is 28.0. The number of aliphatic hydroxyl groups is 2. The number of nitrogens with one attached hydrogen (secondary N) is 1. The Labute approximate surface area is 353 Å². The summed E-state index contributed by atoms with van der Waals surface area (Å²) in [5.41, 5.74) is 0. The van der Waals surface area contributed by atoms with Gasteiger partial charge < -0.3 is 20.3 Å². The average Bonchev–Trinajstić information content (AvgIpc) is 3.21. The highest BCUT2D eigenvalue weighted by atomic mass is 16.5. The van der Waals surface area contributed by atoms with Gasteiger partial charge in [0, 0.05) is 12.8 Å². The van der Waals surface area contributed by atoms with Crippen LogP contribution in [0.15, 0.2) is 48.6 Å². The van der Waals surface area contributed by atoms with Gasteiger partial charge in [0.05, 0.1) is 25.4 Å². The molecule has 1 amide bonds. The zero-order chi connectivity index (χ0) is 41.5. The third-order valence-electron chi connectivity index (χ3n) is 10.8. The van der Waals surface area contributed by atoms with Crippen molar-refractivity contribution in [1.29, 1.82) is 0 Å². The monoisotopic (exact) mass is 800 g/mol. The largest absolute Gasteiger partial charge is 0.466 e. The van der Waals surface area contributed by atoms with E-state index < -0.39 is 12.1 Å². The second-order valence-electron chi connectivity index (χ2n) is 16.4. The van der Waals surface area contributed by atoms with Crippen molar-refractivity contribution in [3.05, 3.63) is 48.6 Å². The van der Waals surface area contributed by atoms with Crippen molar-refractivity contribution in [1.82, 2.24) is 5.32 Å². The zero-order valence-corrected chi connectivity index (χ0v) is 37.6. The summed E-state index contributed by atoms with van der Waals surface area (Å²) >= 11 is 0. The lowest BCUT2D eigenvalue weighted by Crippen LogP contribution is -2.45. The van der Waals surface area contributed by atoms with E-state index in [0.29, 0.717) is 19.4 Å². The quantitative estimate of drug-likeness (QED) is 0.0324. The van der Waals surface area contributed by atoms with Crippen molar-refractivity contribution in [2.75, 3.05) is 13.2 Å². The van der Waals surface area contributed by atoms with Crippen LogP contribution in [0.1, 0.15) is 239 Å². The van der Waals surface area contributed by atoms with E-state index in [9.17, 15) is 19.8 Å². The molecule has 3 N–H and O–H groups in total. The Bertz CT molecular complexity index is 973. The predicted molar refractivity (Wildman–Crippen MR) is 245 cm³/mol. The van der Waals surface area contributed by atoms with Gasteiger partial charge in [-0.15, -0.1) is 0 Å². The Balaban J connectivity index is 3.56. The normalized spacial score (nSPS) is 13.1. The van der Waals surface area contributed by atoms with Gasteiger partial charge in [0.15, 0.2) is 0 Å². The Morgan fingerprint density at radius 1 is 0.491 bits per heavy atom. The number of aliphatic hydroxyl groups excluding tert-OH is 2. The van der Waals surface area contributed by atoms with E-state index in [4.69, 9.17) is 4.74 Å². The summed E-state index contributed by atoms with van der Waals surface area (Å²) in [5.74, 6) is -0.136. The molecule has 2 unspecified atom stereocenters. The van der Waals surface area contributed by atoms with Gasteiger partial charge in [0.1, 0.15) is 0 Å². The molecule has 0 bridgehead atoms. The van der Waals surface area contributed by atoms with Crippen LogP contribution in [-0.2, 0) is 14.3 Å². The van der Waals surface area contributed by atoms with E-state index in [1.54, 1.807) is 6.08 Å². The molecule has 0 aromatic rings. The van der Waals surface area contributed by atoms with Gasteiger partial charge in [-0.05, 0) is 96.3 Å². The molecule has 0 aliphatic rings. The van der Waals surface area contributed by atoms with Crippen molar-refractivity contribution in [3.63, 3.8) is 0 Å². The van der Waals surface area contributed by atoms with Gasteiger partial charge in [-0.1, -0.05) is 178 Å². The van der Waals surface area contributed by atoms with Crippen LogP contribution in [0.5, 0.6) is 0 Å². The van der Waals surface area contributed by atoms with Crippen LogP contribution in [0.25, 0.3) is 0 Å². The molecular weight excluding hydrogens is 707 g/mol. The predicted octanol–water partition coefficient (Wildman–Crippen LogP) is 14.3. The van der Waals surface area contributed by atoms with Crippen molar-refractivity contribution in [2.45, 2.75) is 251 Å². The Morgan fingerprint density at radius 3 is 1.37 bits per heavy atom. The number of carbonyl (C=O) groups excluding carboxylic acids is 2. The molecule has 0 saturated heterocycles. The van der Waals surface area contributed by atoms with Crippen molar-refractivity contribution < 1.29 is 24.5 Å². The van der Waals surface area contributed by atoms with Crippen molar-refractivity contribution >= 4 is 11.9 Å². The highest BCUT2D eigenvalue weighted by Gasteiger charge is 2.18. The highest BCUT2D eigenvalue weighted by Crippen LogP contribution is 2.13. The lowest BCUT2D eigenvalue weighted by Gasteiger charge is -2.20. The maximum atomic E-state index is 12.4. The van der Waals surface area contributed by atoms with Crippen LogP contribution in [0.4, 0.5) is 0 Å². The van der Waals surface area contributed by atoms with E-state index >= 15 is 0 Å². The first-order valence-electron chi connectivity index (χ1n) is 24.4. The molecule has 0 saturated carbocycles. The molecule has 0 radical (unpaired) electrons. The SMILES string of the molecule is CCCCCC/C=C\C/C=C\CCCCCCCC(=O)OCCCCC/C=C\CCCCCCCC(=O)NC(CO)C(O)/C=C/CCCCCCCCCCCC. The Hall–Kier alpha value is -2.18. The standard InChI is InChI=1S/C51H93NO5/c1-3-5-7-9-11-13-15-17-18-19-20-25-29-33-37-41-45-51(56)57-46-42-38-34-30-26-22-21-24-28-32-36-40-44-50(55)52-48(47-53)49(54)43-39-35-31-27-23-16-14-12-10-8-6-4-2/h13,15,18-19,22,26,39,43,48-49,53-54H,3-12,14,16-17,20-21,23-25,27-38,40-42,44-47H2,1-2H3,(H,52,55)/b15-13-,19-18-,26-22-,43-39+. The molecule has 0 rings (SSSR count). The lowest BCUT2D eigenvalue weighted by molar-refractivity contribution is -0.143. The Kier molecular flexibility index (Phi) is 44.7. The summed E-state index contributed by atoms with van der Waals surface area (Å²) in [6.07, 6.45) is 56.7. The topological polar surface area (TPSA) is 95.9 Å². The van der Waals surface area contributed by atoms with E-state index in [2.05, 4.69) is 55.6 Å². The fourth-order valence-electron chi connectivity index (χ4n) is 7.01. The molecule has 57 heavy (non-hydrogen) atoms. The maximum Gasteiger partial charge on any atom is 0.305 e. The van der Waals surface area contributed by atoms with Crippen molar-refractivity contribution in [3.8, 4) is 0 Å². The second-order valence-corrected chi connectivity index (χ2v) is 16.4. The second kappa shape index (κ2) is 46.5. The molecule has 0 aliphatic carbocycles. The third-order valence-corrected chi connectivity index (χ3v) is 10.8.